The van der Waals surface area contributed by atoms with E-state index in [1.165, 1.54) is 5.56 Å². The van der Waals surface area contributed by atoms with Crippen LogP contribution in [0, 0.1) is 0 Å². The highest BCUT2D eigenvalue weighted by atomic mass is 16.5. The Morgan fingerprint density at radius 2 is 2.19 bits per heavy atom. The fraction of sp³-hybridized carbons (Fsp3) is 0.647. The van der Waals surface area contributed by atoms with Gasteiger partial charge in [-0.3, -0.25) is 0 Å². The van der Waals surface area contributed by atoms with Gasteiger partial charge in [0.2, 0.25) is 0 Å². The van der Waals surface area contributed by atoms with Crippen molar-refractivity contribution in [3.63, 3.8) is 0 Å². The molecular weight excluding hydrogens is 266 g/mol. The summed E-state index contributed by atoms with van der Waals surface area (Å²) in [6.07, 6.45) is 1.22. The van der Waals surface area contributed by atoms with Crippen molar-refractivity contribution in [3.8, 4) is 11.5 Å². The molecule has 118 valence electrons. The Bertz CT molecular complexity index is 473. The van der Waals surface area contributed by atoms with Crippen molar-refractivity contribution in [2.45, 2.75) is 58.3 Å². The summed E-state index contributed by atoms with van der Waals surface area (Å²) >= 11 is 0. The van der Waals surface area contributed by atoms with Gasteiger partial charge in [0.1, 0.15) is 23.7 Å². The maximum atomic E-state index is 9.59. The second-order valence-electron chi connectivity index (χ2n) is 6.25. The Kier molecular flexibility index (Phi) is 5.12. The molecule has 2 rings (SSSR count). The SMILES string of the molecule is CCNC1CC(C)(C)Oc2cc(OCC(O)CC)ccc21. The third kappa shape index (κ3) is 4.11. The highest BCUT2D eigenvalue weighted by Gasteiger charge is 2.33. The van der Waals surface area contributed by atoms with Gasteiger partial charge in [-0.1, -0.05) is 19.9 Å². The molecule has 0 bridgehead atoms. The lowest BCUT2D eigenvalue weighted by Gasteiger charge is -2.38. The highest BCUT2D eigenvalue weighted by molar-refractivity contribution is 5.44. The van der Waals surface area contributed by atoms with Crippen LogP contribution in [-0.4, -0.2) is 30.0 Å². The van der Waals surface area contributed by atoms with Crippen molar-refractivity contribution in [3.05, 3.63) is 23.8 Å². The molecule has 2 N–H and O–H groups in total. The maximum absolute atomic E-state index is 9.59. The number of rotatable bonds is 6. The van der Waals surface area contributed by atoms with Gasteiger partial charge in [0, 0.05) is 24.1 Å². The van der Waals surface area contributed by atoms with Crippen LogP contribution in [0.5, 0.6) is 11.5 Å². The van der Waals surface area contributed by atoms with E-state index >= 15 is 0 Å². The molecule has 0 spiro atoms. The molecule has 2 atom stereocenters. The molecule has 1 aromatic carbocycles. The first kappa shape index (κ1) is 16.1. The Balaban J connectivity index is 2.17. The van der Waals surface area contributed by atoms with Crippen LogP contribution in [0.4, 0.5) is 0 Å². The van der Waals surface area contributed by atoms with E-state index in [4.69, 9.17) is 9.47 Å². The molecule has 4 heteroatoms. The zero-order valence-corrected chi connectivity index (χ0v) is 13.5. The monoisotopic (exact) mass is 293 g/mol. The molecule has 2 unspecified atom stereocenters. The topological polar surface area (TPSA) is 50.7 Å². The fourth-order valence-corrected chi connectivity index (χ4v) is 2.66. The quantitative estimate of drug-likeness (QED) is 0.846. The molecule has 0 saturated carbocycles. The van der Waals surface area contributed by atoms with Crippen molar-refractivity contribution >= 4 is 0 Å². The minimum atomic E-state index is -0.423. The predicted octanol–water partition coefficient (Wildman–Crippen LogP) is 3.05. The fourth-order valence-electron chi connectivity index (χ4n) is 2.66. The highest BCUT2D eigenvalue weighted by Crippen LogP contribution is 2.41. The van der Waals surface area contributed by atoms with Gasteiger partial charge in [0.25, 0.3) is 0 Å². The van der Waals surface area contributed by atoms with Gasteiger partial charge in [-0.15, -0.1) is 0 Å². The first-order valence-corrected chi connectivity index (χ1v) is 7.82. The first-order valence-electron chi connectivity index (χ1n) is 7.82. The van der Waals surface area contributed by atoms with E-state index in [1.54, 1.807) is 0 Å². The number of fused-ring (bicyclic) bond motifs is 1. The van der Waals surface area contributed by atoms with E-state index < -0.39 is 6.10 Å². The van der Waals surface area contributed by atoms with Crippen molar-refractivity contribution in [1.29, 1.82) is 0 Å². The predicted molar refractivity (Wildman–Crippen MR) is 84.0 cm³/mol. The summed E-state index contributed by atoms with van der Waals surface area (Å²) in [5.41, 5.74) is 0.987. The average molecular weight is 293 g/mol. The number of aliphatic hydroxyl groups is 1. The van der Waals surface area contributed by atoms with Crippen LogP contribution in [-0.2, 0) is 0 Å². The molecular formula is C17H27NO3. The third-order valence-corrected chi connectivity index (χ3v) is 3.81. The summed E-state index contributed by atoms with van der Waals surface area (Å²) in [5.74, 6) is 1.62. The molecule has 0 fully saturated rings. The van der Waals surface area contributed by atoms with Crippen LogP contribution >= 0.6 is 0 Å². The largest absolute Gasteiger partial charge is 0.491 e. The van der Waals surface area contributed by atoms with Crippen molar-refractivity contribution in [2.24, 2.45) is 0 Å². The lowest BCUT2D eigenvalue weighted by atomic mass is 9.89. The Hall–Kier alpha value is -1.26. The zero-order chi connectivity index (χ0) is 15.5. The summed E-state index contributed by atoms with van der Waals surface area (Å²) < 4.78 is 11.7. The number of aliphatic hydroxyl groups excluding tert-OH is 1. The second kappa shape index (κ2) is 6.67. The molecule has 0 aromatic heterocycles. The first-order chi connectivity index (χ1) is 9.95. The van der Waals surface area contributed by atoms with E-state index in [0.29, 0.717) is 19.1 Å². The van der Waals surface area contributed by atoms with Gasteiger partial charge in [0.15, 0.2) is 0 Å². The van der Waals surface area contributed by atoms with Crippen LogP contribution in [0.1, 0.15) is 52.1 Å². The Morgan fingerprint density at radius 1 is 1.43 bits per heavy atom. The van der Waals surface area contributed by atoms with Gasteiger partial charge in [-0.05, 0) is 32.9 Å². The van der Waals surface area contributed by atoms with Crippen molar-refractivity contribution in [1.82, 2.24) is 5.32 Å². The molecule has 1 aliphatic rings. The molecule has 0 amide bonds. The minimum absolute atomic E-state index is 0.193. The summed E-state index contributed by atoms with van der Waals surface area (Å²) in [6.45, 7) is 9.51. The van der Waals surface area contributed by atoms with E-state index in [1.807, 2.05) is 19.1 Å². The van der Waals surface area contributed by atoms with Gasteiger partial charge in [-0.25, -0.2) is 0 Å². The van der Waals surface area contributed by atoms with E-state index in [2.05, 4.69) is 32.2 Å². The number of ether oxygens (including phenoxy) is 2. The number of benzene rings is 1. The molecule has 21 heavy (non-hydrogen) atoms. The van der Waals surface area contributed by atoms with Crippen molar-refractivity contribution in [2.75, 3.05) is 13.2 Å². The Labute approximate surface area is 127 Å². The summed E-state index contributed by atoms with van der Waals surface area (Å²) in [7, 11) is 0. The number of hydrogen-bond donors (Lipinski definition) is 2. The number of hydrogen-bond acceptors (Lipinski definition) is 4. The molecule has 1 heterocycles. The smallest absolute Gasteiger partial charge is 0.128 e. The average Bonchev–Trinajstić information content (AvgIpc) is 2.43. The van der Waals surface area contributed by atoms with E-state index in [9.17, 15) is 5.11 Å². The van der Waals surface area contributed by atoms with Crippen LogP contribution in [0.15, 0.2) is 18.2 Å². The molecule has 0 radical (unpaired) electrons. The van der Waals surface area contributed by atoms with Gasteiger partial charge < -0.3 is 19.9 Å². The molecule has 1 aliphatic heterocycles. The van der Waals surface area contributed by atoms with Gasteiger partial charge in [-0.2, -0.15) is 0 Å². The standard InChI is InChI=1S/C17H27NO3/c1-5-12(19)11-20-13-7-8-14-15(18-6-2)10-17(3,4)21-16(14)9-13/h7-9,12,15,18-19H,5-6,10-11H2,1-4H3. The zero-order valence-electron chi connectivity index (χ0n) is 13.5. The lowest BCUT2D eigenvalue weighted by molar-refractivity contribution is 0.0652. The summed E-state index contributed by atoms with van der Waals surface area (Å²) in [6, 6.07) is 6.26. The second-order valence-corrected chi connectivity index (χ2v) is 6.25. The van der Waals surface area contributed by atoms with Crippen LogP contribution in [0.3, 0.4) is 0 Å². The minimum Gasteiger partial charge on any atom is -0.491 e. The summed E-state index contributed by atoms with van der Waals surface area (Å²) in [4.78, 5) is 0. The molecule has 1 aromatic rings. The van der Waals surface area contributed by atoms with Gasteiger partial charge >= 0.3 is 0 Å². The van der Waals surface area contributed by atoms with E-state index in [0.717, 1.165) is 24.5 Å². The van der Waals surface area contributed by atoms with Crippen LogP contribution in [0.25, 0.3) is 0 Å². The number of nitrogens with one attached hydrogen (secondary N) is 1. The molecule has 0 saturated heterocycles. The van der Waals surface area contributed by atoms with E-state index in [-0.39, 0.29) is 5.60 Å². The Morgan fingerprint density at radius 3 is 2.86 bits per heavy atom. The van der Waals surface area contributed by atoms with Crippen LogP contribution < -0.4 is 14.8 Å². The van der Waals surface area contributed by atoms with Crippen molar-refractivity contribution < 1.29 is 14.6 Å². The normalized spacial score (nSPS) is 21.3. The summed E-state index contributed by atoms with van der Waals surface area (Å²) in [5, 5.41) is 13.1. The third-order valence-electron chi connectivity index (χ3n) is 3.81. The lowest BCUT2D eigenvalue weighted by Crippen LogP contribution is -2.39. The molecule has 4 nitrogen and oxygen atoms in total. The van der Waals surface area contributed by atoms with Gasteiger partial charge in [0.05, 0.1) is 6.10 Å². The maximum Gasteiger partial charge on any atom is 0.128 e. The van der Waals surface area contributed by atoms with Crippen LogP contribution in [0.2, 0.25) is 0 Å². The molecule has 0 aliphatic carbocycles.